The third-order valence-corrected chi connectivity index (χ3v) is 4.88. The Labute approximate surface area is 170 Å². The number of allylic oxidation sites excluding steroid dienone is 2. The van der Waals surface area contributed by atoms with Gasteiger partial charge in [0, 0.05) is 12.8 Å². The van der Waals surface area contributed by atoms with E-state index < -0.39 is 0 Å². The Balaban J connectivity index is 3.26. The van der Waals surface area contributed by atoms with Gasteiger partial charge in [0.1, 0.15) is 0 Å². The van der Waals surface area contributed by atoms with Crippen molar-refractivity contribution in [1.82, 2.24) is 0 Å². The predicted molar refractivity (Wildman–Crippen MR) is 118 cm³/mol. The van der Waals surface area contributed by atoms with Crippen LogP contribution in [0, 0.1) is 0 Å². The number of nitrogens with zero attached hydrogens (tertiary/aromatic N) is 1. The van der Waals surface area contributed by atoms with E-state index in [-0.39, 0.29) is 5.97 Å². The Morgan fingerprint density at radius 3 is 1.81 bits per heavy atom. The molecule has 27 heavy (non-hydrogen) atoms. The maximum absolute atomic E-state index is 11.7. The normalized spacial score (nSPS) is 12.0. The number of carbonyl (C=O) groups is 1. The first-order valence-corrected chi connectivity index (χ1v) is 11.6. The zero-order valence-corrected chi connectivity index (χ0v) is 18.9. The molecular formula is C24H48NO2+. The summed E-state index contributed by atoms with van der Waals surface area (Å²) in [5, 5.41) is 0. The molecule has 0 aliphatic rings. The van der Waals surface area contributed by atoms with Crippen molar-refractivity contribution in [3.05, 3.63) is 12.2 Å². The topological polar surface area (TPSA) is 26.3 Å². The van der Waals surface area contributed by atoms with Crippen LogP contribution >= 0.6 is 0 Å². The van der Waals surface area contributed by atoms with E-state index in [4.69, 9.17) is 4.74 Å². The van der Waals surface area contributed by atoms with E-state index in [1.165, 1.54) is 70.6 Å². The van der Waals surface area contributed by atoms with Crippen molar-refractivity contribution in [2.24, 2.45) is 0 Å². The first kappa shape index (κ1) is 26.2. The van der Waals surface area contributed by atoms with E-state index in [0.717, 1.165) is 30.3 Å². The maximum atomic E-state index is 11.7. The van der Waals surface area contributed by atoms with Crippen molar-refractivity contribution < 1.29 is 14.0 Å². The van der Waals surface area contributed by atoms with E-state index in [2.05, 4.69) is 40.2 Å². The molecule has 0 amide bonds. The van der Waals surface area contributed by atoms with Gasteiger partial charge in [-0.1, -0.05) is 70.4 Å². The number of hydrogen-bond acceptors (Lipinski definition) is 2. The van der Waals surface area contributed by atoms with Crippen LogP contribution < -0.4 is 0 Å². The van der Waals surface area contributed by atoms with Crippen molar-refractivity contribution in [2.75, 3.05) is 34.3 Å². The summed E-state index contributed by atoms with van der Waals surface area (Å²) in [5.41, 5.74) is 0. The molecule has 0 aliphatic carbocycles. The Morgan fingerprint density at radius 2 is 1.26 bits per heavy atom. The Hall–Kier alpha value is -0.830. The second-order valence-corrected chi connectivity index (χ2v) is 8.92. The summed E-state index contributed by atoms with van der Waals surface area (Å²) in [5.74, 6) is -0.0194. The lowest BCUT2D eigenvalue weighted by atomic mass is 10.1. The summed E-state index contributed by atoms with van der Waals surface area (Å²) in [7, 11) is 6.48. The highest BCUT2D eigenvalue weighted by atomic mass is 16.5. The predicted octanol–water partition coefficient (Wildman–Crippen LogP) is 6.66. The summed E-state index contributed by atoms with van der Waals surface area (Å²) in [4.78, 5) is 11.7. The van der Waals surface area contributed by atoms with E-state index in [0.29, 0.717) is 13.0 Å². The minimum Gasteiger partial charge on any atom is -0.465 e. The summed E-state index contributed by atoms with van der Waals surface area (Å²) >= 11 is 0. The Bertz CT molecular complexity index is 358. The van der Waals surface area contributed by atoms with Gasteiger partial charge >= 0.3 is 5.97 Å². The van der Waals surface area contributed by atoms with Crippen LogP contribution in [0.25, 0.3) is 0 Å². The smallest absolute Gasteiger partial charge is 0.305 e. The molecule has 0 heterocycles. The minimum absolute atomic E-state index is 0.0194. The van der Waals surface area contributed by atoms with Crippen LogP contribution in [0.4, 0.5) is 0 Å². The maximum Gasteiger partial charge on any atom is 0.305 e. The fourth-order valence-corrected chi connectivity index (χ4v) is 3.14. The average Bonchev–Trinajstić information content (AvgIpc) is 2.61. The lowest BCUT2D eigenvalue weighted by Crippen LogP contribution is -2.35. The molecule has 0 saturated carbocycles. The average molecular weight is 383 g/mol. The molecule has 160 valence electrons. The molecule has 0 aliphatic heterocycles. The first-order chi connectivity index (χ1) is 13.0. The molecule has 0 aromatic rings. The number of unbranched alkanes of at least 4 members (excludes halogenated alkanes) is 11. The van der Waals surface area contributed by atoms with Crippen molar-refractivity contribution in [1.29, 1.82) is 0 Å². The van der Waals surface area contributed by atoms with Crippen LogP contribution in [-0.2, 0) is 9.53 Å². The number of hydrogen-bond donors (Lipinski definition) is 0. The summed E-state index contributed by atoms with van der Waals surface area (Å²) in [6.07, 6.45) is 22.9. The lowest BCUT2D eigenvalue weighted by Gasteiger charge is -2.23. The van der Waals surface area contributed by atoms with Crippen molar-refractivity contribution in [3.63, 3.8) is 0 Å². The number of rotatable bonds is 19. The van der Waals surface area contributed by atoms with Crippen molar-refractivity contribution in [2.45, 2.75) is 103 Å². The van der Waals surface area contributed by atoms with Crippen LogP contribution in [0.15, 0.2) is 12.2 Å². The molecule has 0 aromatic carbocycles. The lowest BCUT2D eigenvalue weighted by molar-refractivity contribution is -0.870. The van der Waals surface area contributed by atoms with Gasteiger partial charge in [0.05, 0.1) is 34.3 Å². The van der Waals surface area contributed by atoms with Crippen molar-refractivity contribution >= 4 is 5.97 Å². The minimum atomic E-state index is -0.0194. The SMILES string of the molecule is CCCCCCCCC=CCCCCCCCC(=O)OCCC[N+](C)(C)C. The van der Waals surface area contributed by atoms with Gasteiger partial charge in [0.2, 0.25) is 0 Å². The van der Waals surface area contributed by atoms with Crippen LogP contribution in [-0.4, -0.2) is 44.7 Å². The quantitative estimate of drug-likeness (QED) is 0.108. The van der Waals surface area contributed by atoms with E-state index in [1.807, 2.05) is 0 Å². The third-order valence-electron chi connectivity index (χ3n) is 4.88. The molecular weight excluding hydrogens is 334 g/mol. The Morgan fingerprint density at radius 1 is 0.741 bits per heavy atom. The monoisotopic (exact) mass is 382 g/mol. The van der Waals surface area contributed by atoms with Gasteiger partial charge in [0.15, 0.2) is 0 Å². The molecule has 0 aromatic heterocycles. The van der Waals surface area contributed by atoms with Gasteiger partial charge in [-0.25, -0.2) is 0 Å². The zero-order valence-electron chi connectivity index (χ0n) is 18.9. The number of quaternary nitrogens is 1. The standard InChI is InChI=1S/C24H48NO2/c1-5-6-7-8-9-10-11-12-13-14-15-16-17-18-19-21-24(26)27-23-20-22-25(2,3)4/h12-13H,5-11,14-23H2,1-4H3/q+1. The molecule has 0 N–H and O–H groups in total. The van der Waals surface area contributed by atoms with Gasteiger partial charge in [-0.15, -0.1) is 0 Å². The largest absolute Gasteiger partial charge is 0.465 e. The first-order valence-electron chi connectivity index (χ1n) is 11.6. The van der Waals surface area contributed by atoms with Crippen LogP contribution in [0.1, 0.15) is 103 Å². The van der Waals surface area contributed by atoms with Crippen LogP contribution in [0.5, 0.6) is 0 Å². The van der Waals surface area contributed by atoms with Crippen molar-refractivity contribution in [3.8, 4) is 0 Å². The van der Waals surface area contributed by atoms with E-state index in [9.17, 15) is 4.79 Å². The fraction of sp³-hybridized carbons (Fsp3) is 0.875. The summed E-state index contributed by atoms with van der Waals surface area (Å²) in [6.45, 7) is 3.88. The molecule has 0 fully saturated rings. The highest BCUT2D eigenvalue weighted by molar-refractivity contribution is 5.69. The third kappa shape index (κ3) is 23.1. The molecule has 3 heteroatoms. The highest BCUT2D eigenvalue weighted by Gasteiger charge is 2.07. The van der Waals surface area contributed by atoms with Gasteiger partial charge in [-0.2, -0.15) is 0 Å². The molecule has 0 bridgehead atoms. The van der Waals surface area contributed by atoms with E-state index >= 15 is 0 Å². The molecule has 0 spiro atoms. The summed E-state index contributed by atoms with van der Waals surface area (Å²) < 4.78 is 6.22. The zero-order chi connectivity index (χ0) is 20.2. The van der Waals surface area contributed by atoms with Gasteiger partial charge in [-0.3, -0.25) is 4.79 Å². The number of carbonyl (C=O) groups excluding carboxylic acids is 1. The number of ether oxygens (including phenoxy) is 1. The molecule has 0 atom stereocenters. The second kappa shape index (κ2) is 18.5. The number of esters is 1. The summed E-state index contributed by atoms with van der Waals surface area (Å²) in [6, 6.07) is 0. The Kier molecular flexibility index (Phi) is 18.0. The second-order valence-electron chi connectivity index (χ2n) is 8.92. The fourth-order valence-electron chi connectivity index (χ4n) is 3.14. The van der Waals surface area contributed by atoms with Gasteiger partial charge in [-0.05, 0) is 32.1 Å². The molecule has 0 saturated heterocycles. The highest BCUT2D eigenvalue weighted by Crippen LogP contribution is 2.10. The van der Waals surface area contributed by atoms with Gasteiger partial charge < -0.3 is 9.22 Å². The molecule has 0 radical (unpaired) electrons. The molecule has 3 nitrogen and oxygen atoms in total. The van der Waals surface area contributed by atoms with Crippen LogP contribution in [0.3, 0.4) is 0 Å². The van der Waals surface area contributed by atoms with E-state index in [1.54, 1.807) is 0 Å². The molecule has 0 rings (SSSR count). The van der Waals surface area contributed by atoms with Gasteiger partial charge in [0.25, 0.3) is 0 Å². The van der Waals surface area contributed by atoms with Crippen LogP contribution in [0.2, 0.25) is 0 Å². The molecule has 0 unspecified atom stereocenters.